The van der Waals surface area contributed by atoms with Crippen LogP contribution in [0.2, 0.25) is 0 Å². The molecule has 3 heteroatoms. The molecule has 0 aliphatic heterocycles. The van der Waals surface area contributed by atoms with Crippen LogP contribution in [0.15, 0.2) is 0 Å². The Hall–Kier alpha value is -0.440. The van der Waals surface area contributed by atoms with Gasteiger partial charge in [-0.25, -0.2) is 4.98 Å². The van der Waals surface area contributed by atoms with Crippen molar-refractivity contribution in [3.8, 4) is 0 Å². The lowest BCUT2D eigenvalue weighted by Crippen LogP contribution is -1.78. The van der Waals surface area contributed by atoms with Gasteiger partial charge in [-0.05, 0) is 11.5 Å². The van der Waals surface area contributed by atoms with Crippen molar-refractivity contribution in [2.24, 2.45) is 0 Å². The molecule has 0 atom stereocenters. The minimum atomic E-state index is 0.894. The van der Waals surface area contributed by atoms with E-state index in [2.05, 4.69) is 14.9 Å². The number of nitrogens with zero attached hydrogens (tertiary/aromatic N) is 2. The van der Waals surface area contributed by atoms with Gasteiger partial charge in [0.1, 0.15) is 5.82 Å². The van der Waals surface area contributed by atoms with E-state index in [-0.39, 0.29) is 0 Å². The van der Waals surface area contributed by atoms with Crippen molar-refractivity contribution in [2.45, 2.75) is 13.3 Å². The molecule has 0 unspecified atom stereocenters. The summed E-state index contributed by atoms with van der Waals surface area (Å²) < 4.78 is 3.91. The van der Waals surface area contributed by atoms with Gasteiger partial charge in [0.15, 0.2) is 5.51 Å². The molecule has 0 aromatic carbocycles. The summed E-state index contributed by atoms with van der Waals surface area (Å²) in [6.07, 6.45) is 0.917. The van der Waals surface area contributed by atoms with Gasteiger partial charge in [0.25, 0.3) is 0 Å². The van der Waals surface area contributed by atoms with Crippen molar-refractivity contribution < 1.29 is 0 Å². The molecule has 0 bridgehead atoms. The Morgan fingerprint density at radius 2 is 2.71 bits per heavy atom. The summed E-state index contributed by atoms with van der Waals surface area (Å²) in [4.78, 5) is 3.82. The molecular formula is C4H5N2S. The predicted octanol–water partition coefficient (Wildman–Crippen LogP) is 0.901. The van der Waals surface area contributed by atoms with Gasteiger partial charge in [-0.15, -0.1) is 0 Å². The lowest BCUT2D eigenvalue weighted by Gasteiger charge is -1.75. The van der Waals surface area contributed by atoms with E-state index < -0.39 is 0 Å². The number of rotatable bonds is 1. The SMILES string of the molecule is CCc1n[c]sn1. The monoisotopic (exact) mass is 113 g/mol. The zero-order valence-electron chi connectivity index (χ0n) is 4.01. The highest BCUT2D eigenvalue weighted by atomic mass is 32.1. The number of aromatic nitrogens is 2. The van der Waals surface area contributed by atoms with Crippen LogP contribution >= 0.6 is 11.5 Å². The third kappa shape index (κ3) is 0.962. The first-order valence-electron chi connectivity index (χ1n) is 2.12. The molecule has 37 valence electrons. The zero-order chi connectivity index (χ0) is 5.11. The maximum absolute atomic E-state index is 3.91. The molecule has 1 aromatic heterocycles. The van der Waals surface area contributed by atoms with Gasteiger partial charge < -0.3 is 0 Å². The average Bonchev–Trinajstić information content (AvgIpc) is 2.14. The molecule has 0 aliphatic rings. The van der Waals surface area contributed by atoms with Gasteiger partial charge in [0.2, 0.25) is 0 Å². The Balaban J connectivity index is 2.76. The van der Waals surface area contributed by atoms with Crippen LogP contribution in [0.1, 0.15) is 12.7 Å². The molecule has 0 amide bonds. The Morgan fingerprint density at radius 3 is 3.00 bits per heavy atom. The second-order valence-electron chi connectivity index (χ2n) is 1.16. The van der Waals surface area contributed by atoms with E-state index in [9.17, 15) is 0 Å². The van der Waals surface area contributed by atoms with Crippen molar-refractivity contribution in [3.05, 3.63) is 11.3 Å². The van der Waals surface area contributed by atoms with Crippen LogP contribution in [0, 0.1) is 5.51 Å². The lowest BCUT2D eigenvalue weighted by molar-refractivity contribution is 0.998. The topological polar surface area (TPSA) is 25.8 Å². The molecule has 0 N–H and O–H groups in total. The maximum Gasteiger partial charge on any atom is 0.174 e. The smallest absolute Gasteiger partial charge is 0.174 e. The predicted molar refractivity (Wildman–Crippen MR) is 28.1 cm³/mol. The van der Waals surface area contributed by atoms with Crippen molar-refractivity contribution >= 4 is 11.5 Å². The molecule has 2 nitrogen and oxygen atoms in total. The van der Waals surface area contributed by atoms with E-state index in [1.54, 1.807) is 0 Å². The van der Waals surface area contributed by atoms with Crippen LogP contribution in [0.4, 0.5) is 0 Å². The molecule has 0 saturated heterocycles. The summed E-state index contributed by atoms with van der Waals surface area (Å²) in [6.45, 7) is 2.02. The average molecular weight is 113 g/mol. The van der Waals surface area contributed by atoms with Gasteiger partial charge >= 0.3 is 0 Å². The lowest BCUT2D eigenvalue weighted by atomic mass is 10.5. The standard InChI is InChI=1S/C4H5N2S/c1-2-4-5-3-7-6-4/h2H2,1H3. The van der Waals surface area contributed by atoms with E-state index in [4.69, 9.17) is 0 Å². The van der Waals surface area contributed by atoms with Gasteiger partial charge in [-0.2, -0.15) is 4.37 Å². The highest BCUT2D eigenvalue weighted by molar-refractivity contribution is 7.02. The van der Waals surface area contributed by atoms with E-state index in [0.717, 1.165) is 12.2 Å². The quantitative estimate of drug-likeness (QED) is 0.540. The van der Waals surface area contributed by atoms with Crippen molar-refractivity contribution in [2.75, 3.05) is 0 Å². The minimum absolute atomic E-state index is 0.894. The fourth-order valence-electron chi connectivity index (χ4n) is 0.310. The Kier molecular flexibility index (Phi) is 1.36. The maximum atomic E-state index is 3.91. The molecule has 0 aliphatic carbocycles. The highest BCUT2D eigenvalue weighted by Crippen LogP contribution is 1.91. The first kappa shape index (κ1) is 4.71. The van der Waals surface area contributed by atoms with E-state index >= 15 is 0 Å². The largest absolute Gasteiger partial charge is 0.217 e. The second kappa shape index (κ2) is 2.02. The van der Waals surface area contributed by atoms with Crippen molar-refractivity contribution in [1.82, 2.24) is 9.36 Å². The van der Waals surface area contributed by atoms with Crippen LogP contribution in [-0.2, 0) is 6.42 Å². The summed E-state index contributed by atoms with van der Waals surface area (Å²) in [5.74, 6) is 0.894. The first-order valence-corrected chi connectivity index (χ1v) is 2.89. The van der Waals surface area contributed by atoms with Crippen molar-refractivity contribution in [1.29, 1.82) is 0 Å². The molecule has 0 spiro atoms. The number of hydrogen-bond donors (Lipinski definition) is 0. The van der Waals surface area contributed by atoms with Gasteiger partial charge in [0, 0.05) is 6.42 Å². The van der Waals surface area contributed by atoms with Gasteiger partial charge in [0.05, 0.1) is 0 Å². The fourth-order valence-corrected chi connectivity index (χ4v) is 0.773. The summed E-state index contributed by atoms with van der Waals surface area (Å²) in [6, 6.07) is 0. The first-order chi connectivity index (χ1) is 3.43. The molecule has 1 aromatic rings. The minimum Gasteiger partial charge on any atom is -0.217 e. The molecular weight excluding hydrogens is 108 g/mol. The van der Waals surface area contributed by atoms with E-state index in [1.807, 2.05) is 6.92 Å². The van der Waals surface area contributed by atoms with Gasteiger partial charge in [-0.3, -0.25) is 0 Å². The third-order valence-electron chi connectivity index (χ3n) is 0.683. The Labute approximate surface area is 46.4 Å². The van der Waals surface area contributed by atoms with Gasteiger partial charge in [-0.1, -0.05) is 6.92 Å². The summed E-state index contributed by atoms with van der Waals surface area (Å²) in [5, 5.41) is 0. The van der Waals surface area contributed by atoms with E-state index in [0.29, 0.717) is 0 Å². The van der Waals surface area contributed by atoms with Crippen LogP contribution in [0.5, 0.6) is 0 Å². The van der Waals surface area contributed by atoms with Crippen LogP contribution in [-0.4, -0.2) is 9.36 Å². The zero-order valence-corrected chi connectivity index (χ0v) is 4.83. The molecule has 1 rings (SSSR count). The molecule has 0 fully saturated rings. The molecule has 1 radical (unpaired) electrons. The highest BCUT2D eigenvalue weighted by Gasteiger charge is 1.87. The Morgan fingerprint density at radius 1 is 1.86 bits per heavy atom. The van der Waals surface area contributed by atoms with Crippen LogP contribution < -0.4 is 0 Å². The van der Waals surface area contributed by atoms with Crippen molar-refractivity contribution in [3.63, 3.8) is 0 Å². The number of aryl methyl sites for hydroxylation is 1. The fraction of sp³-hybridized carbons (Fsp3) is 0.500. The molecule has 0 saturated carbocycles. The summed E-state index contributed by atoms with van der Waals surface area (Å²) >= 11 is 1.28. The van der Waals surface area contributed by atoms with E-state index in [1.165, 1.54) is 11.5 Å². The third-order valence-corrected chi connectivity index (χ3v) is 1.16. The van der Waals surface area contributed by atoms with Crippen LogP contribution in [0.25, 0.3) is 0 Å². The molecule has 7 heavy (non-hydrogen) atoms. The number of hydrogen-bond acceptors (Lipinski definition) is 3. The molecule has 1 heterocycles. The summed E-state index contributed by atoms with van der Waals surface area (Å²) in [5.41, 5.74) is 2.66. The van der Waals surface area contributed by atoms with Crippen LogP contribution in [0.3, 0.4) is 0 Å². The Bertz CT molecular complexity index is 124. The second-order valence-corrected chi connectivity index (χ2v) is 1.70. The normalized spacial score (nSPS) is 9.29. The summed E-state index contributed by atoms with van der Waals surface area (Å²) in [7, 11) is 0.